The van der Waals surface area contributed by atoms with Crippen LogP contribution < -0.4 is 5.56 Å². The summed E-state index contributed by atoms with van der Waals surface area (Å²) in [6.07, 6.45) is 0. The fourth-order valence-electron chi connectivity index (χ4n) is 1.21. The van der Waals surface area contributed by atoms with E-state index in [0.29, 0.717) is 15.8 Å². The van der Waals surface area contributed by atoms with Crippen LogP contribution in [0.15, 0.2) is 29.1 Å². The third-order valence-corrected chi connectivity index (χ3v) is 2.60. The average molecular weight is 214 g/mol. The number of hydrogen-bond donors (Lipinski definition) is 1. The summed E-state index contributed by atoms with van der Waals surface area (Å²) in [5.74, 6) is 0. The molecule has 2 aromatic rings. The molecule has 0 radical (unpaired) electrons. The Kier molecular flexibility index (Phi) is 2.02. The number of rotatable bonds is 0. The summed E-state index contributed by atoms with van der Waals surface area (Å²) in [7, 11) is 0. The first kappa shape index (κ1) is 8.60. The van der Waals surface area contributed by atoms with Crippen LogP contribution in [0.25, 0.3) is 10.8 Å². The van der Waals surface area contributed by atoms with Crippen LogP contribution in [0.4, 0.5) is 0 Å². The normalized spacial score (nSPS) is 10.6. The molecule has 2 nitrogen and oxygen atoms in total. The molecule has 13 heavy (non-hydrogen) atoms. The molecule has 1 aromatic carbocycles. The van der Waals surface area contributed by atoms with E-state index in [2.05, 4.69) is 4.98 Å². The lowest BCUT2D eigenvalue weighted by Gasteiger charge is -2.00. The number of aromatic nitrogens is 1. The Balaban J connectivity index is 3.06. The Morgan fingerprint density at radius 3 is 2.38 bits per heavy atom. The highest BCUT2D eigenvalue weighted by atomic mass is 35.5. The van der Waals surface area contributed by atoms with Crippen molar-refractivity contribution < 1.29 is 0 Å². The zero-order valence-electron chi connectivity index (χ0n) is 6.47. The first-order chi connectivity index (χ1) is 6.20. The highest BCUT2D eigenvalue weighted by Gasteiger charge is 2.06. The van der Waals surface area contributed by atoms with Crippen molar-refractivity contribution in [1.82, 2.24) is 4.98 Å². The lowest BCUT2D eigenvalue weighted by molar-refractivity contribution is 1.28. The third kappa shape index (κ3) is 1.32. The summed E-state index contributed by atoms with van der Waals surface area (Å²) >= 11 is 11.6. The first-order valence-electron chi connectivity index (χ1n) is 3.66. The number of halogens is 2. The van der Waals surface area contributed by atoms with Crippen molar-refractivity contribution in [1.29, 1.82) is 0 Å². The maximum Gasteiger partial charge on any atom is 0.257 e. The van der Waals surface area contributed by atoms with E-state index in [4.69, 9.17) is 23.2 Å². The predicted octanol–water partition coefficient (Wildman–Crippen LogP) is 2.83. The molecule has 0 bridgehead atoms. The minimum Gasteiger partial charge on any atom is -0.311 e. The molecule has 0 aliphatic rings. The van der Waals surface area contributed by atoms with Crippen LogP contribution in [0.1, 0.15) is 0 Å². The Morgan fingerprint density at radius 1 is 1.08 bits per heavy atom. The minimum absolute atomic E-state index is 0.186. The average Bonchev–Trinajstić information content (AvgIpc) is 2.15. The number of H-pyrrole nitrogens is 1. The molecule has 0 saturated carbocycles. The summed E-state index contributed by atoms with van der Waals surface area (Å²) in [5.41, 5.74) is -0.218. The lowest BCUT2D eigenvalue weighted by Crippen LogP contribution is -2.06. The minimum atomic E-state index is -0.218. The van der Waals surface area contributed by atoms with Crippen molar-refractivity contribution in [2.45, 2.75) is 0 Å². The van der Waals surface area contributed by atoms with Crippen LogP contribution in [0.2, 0.25) is 10.2 Å². The van der Waals surface area contributed by atoms with Gasteiger partial charge in [0.2, 0.25) is 0 Å². The van der Waals surface area contributed by atoms with Gasteiger partial charge in [-0.3, -0.25) is 4.79 Å². The Hall–Kier alpha value is -0.990. The molecule has 1 heterocycles. The fourth-order valence-corrected chi connectivity index (χ4v) is 1.61. The number of benzene rings is 1. The van der Waals surface area contributed by atoms with Crippen molar-refractivity contribution in [2.75, 3.05) is 0 Å². The van der Waals surface area contributed by atoms with E-state index in [1.807, 2.05) is 6.07 Å². The van der Waals surface area contributed by atoms with Gasteiger partial charge in [0.1, 0.15) is 5.15 Å². The molecule has 0 saturated heterocycles. The highest BCUT2D eigenvalue weighted by molar-refractivity contribution is 6.44. The maximum atomic E-state index is 11.4. The van der Waals surface area contributed by atoms with Gasteiger partial charge in [-0.1, -0.05) is 41.4 Å². The van der Waals surface area contributed by atoms with Crippen LogP contribution in [-0.2, 0) is 0 Å². The van der Waals surface area contributed by atoms with Gasteiger partial charge in [0, 0.05) is 10.8 Å². The van der Waals surface area contributed by atoms with Crippen LogP contribution >= 0.6 is 23.2 Å². The standard InChI is InChI=1S/C9H5Cl2NO/c10-7-5-3-1-2-4-6(5)9(13)12-8(7)11/h1-4H,(H,12,13). The molecule has 1 N–H and O–H groups in total. The van der Waals surface area contributed by atoms with E-state index in [1.165, 1.54) is 0 Å². The van der Waals surface area contributed by atoms with Gasteiger partial charge in [-0.15, -0.1) is 0 Å². The largest absolute Gasteiger partial charge is 0.311 e. The summed E-state index contributed by atoms with van der Waals surface area (Å²) in [4.78, 5) is 13.8. The van der Waals surface area contributed by atoms with Crippen molar-refractivity contribution >= 4 is 34.0 Å². The van der Waals surface area contributed by atoms with Gasteiger partial charge < -0.3 is 4.98 Å². The van der Waals surface area contributed by atoms with Crippen LogP contribution in [0, 0.1) is 0 Å². The molecule has 0 fully saturated rings. The number of pyridine rings is 1. The summed E-state index contributed by atoms with van der Waals surface area (Å²) < 4.78 is 0. The highest BCUT2D eigenvalue weighted by Crippen LogP contribution is 2.25. The Labute approximate surface area is 84.1 Å². The Morgan fingerprint density at radius 2 is 1.69 bits per heavy atom. The molecule has 4 heteroatoms. The quantitative estimate of drug-likeness (QED) is 0.672. The van der Waals surface area contributed by atoms with E-state index in [1.54, 1.807) is 18.2 Å². The number of hydrogen-bond acceptors (Lipinski definition) is 1. The molecule has 0 unspecified atom stereocenters. The van der Waals surface area contributed by atoms with E-state index in [9.17, 15) is 4.79 Å². The topological polar surface area (TPSA) is 32.9 Å². The van der Waals surface area contributed by atoms with E-state index >= 15 is 0 Å². The van der Waals surface area contributed by atoms with Gasteiger partial charge in [0.05, 0.1) is 5.02 Å². The SMILES string of the molecule is O=c1[nH]c(Cl)c(Cl)c2ccccc12. The zero-order chi connectivity index (χ0) is 9.42. The molecule has 0 atom stereocenters. The zero-order valence-corrected chi connectivity index (χ0v) is 7.99. The molecule has 66 valence electrons. The lowest BCUT2D eigenvalue weighted by atomic mass is 10.2. The van der Waals surface area contributed by atoms with Gasteiger partial charge in [0.15, 0.2) is 0 Å². The molecule has 0 aliphatic carbocycles. The molecular weight excluding hydrogens is 209 g/mol. The number of nitrogens with one attached hydrogen (secondary N) is 1. The Bertz CT molecular complexity index is 518. The molecule has 1 aromatic heterocycles. The van der Waals surface area contributed by atoms with Gasteiger partial charge in [-0.2, -0.15) is 0 Å². The maximum absolute atomic E-state index is 11.4. The smallest absolute Gasteiger partial charge is 0.257 e. The molecule has 2 rings (SSSR count). The van der Waals surface area contributed by atoms with Crippen molar-refractivity contribution in [2.24, 2.45) is 0 Å². The van der Waals surface area contributed by atoms with Crippen LogP contribution in [-0.4, -0.2) is 4.98 Å². The van der Waals surface area contributed by atoms with E-state index < -0.39 is 0 Å². The predicted molar refractivity (Wildman–Crippen MR) is 54.6 cm³/mol. The van der Waals surface area contributed by atoms with Crippen LogP contribution in [0.3, 0.4) is 0 Å². The van der Waals surface area contributed by atoms with Crippen molar-refractivity contribution in [3.05, 3.63) is 44.8 Å². The van der Waals surface area contributed by atoms with Crippen LogP contribution in [0.5, 0.6) is 0 Å². The third-order valence-electron chi connectivity index (χ3n) is 1.82. The number of aromatic amines is 1. The summed E-state index contributed by atoms with van der Waals surface area (Å²) in [5, 5.41) is 1.80. The second-order valence-corrected chi connectivity index (χ2v) is 3.38. The molecular formula is C9H5Cl2NO. The van der Waals surface area contributed by atoms with Crippen molar-refractivity contribution in [3.8, 4) is 0 Å². The first-order valence-corrected chi connectivity index (χ1v) is 4.42. The van der Waals surface area contributed by atoms with E-state index in [0.717, 1.165) is 0 Å². The fraction of sp³-hybridized carbons (Fsp3) is 0. The summed E-state index contributed by atoms with van der Waals surface area (Å²) in [6, 6.07) is 7.06. The molecule has 0 amide bonds. The second-order valence-electron chi connectivity index (χ2n) is 2.63. The van der Waals surface area contributed by atoms with E-state index in [-0.39, 0.29) is 10.7 Å². The summed E-state index contributed by atoms with van der Waals surface area (Å²) in [6.45, 7) is 0. The number of fused-ring (bicyclic) bond motifs is 1. The van der Waals surface area contributed by atoms with Crippen molar-refractivity contribution in [3.63, 3.8) is 0 Å². The molecule has 0 spiro atoms. The van der Waals surface area contributed by atoms with Gasteiger partial charge in [-0.05, 0) is 6.07 Å². The molecule has 0 aliphatic heterocycles. The van der Waals surface area contributed by atoms with Gasteiger partial charge in [-0.25, -0.2) is 0 Å². The monoisotopic (exact) mass is 213 g/mol. The van der Waals surface area contributed by atoms with Gasteiger partial charge in [0.25, 0.3) is 5.56 Å². The second kappa shape index (κ2) is 3.05. The van der Waals surface area contributed by atoms with Gasteiger partial charge >= 0.3 is 0 Å².